The van der Waals surface area contributed by atoms with Crippen molar-refractivity contribution < 1.29 is 26.3 Å². The molecule has 0 N–H and O–H groups in total. The van der Waals surface area contributed by atoms with Crippen molar-refractivity contribution in [3.05, 3.63) is 253 Å². The van der Waals surface area contributed by atoms with Gasteiger partial charge in [0.05, 0.1) is 50.3 Å². The third kappa shape index (κ3) is 8.65. The molecule has 0 saturated heterocycles. The van der Waals surface area contributed by atoms with Gasteiger partial charge in [0.15, 0.2) is 5.82 Å². The normalized spacial score (nSPS) is 12.1. The zero-order valence-electron chi connectivity index (χ0n) is 42.0. The number of para-hydroxylation sites is 2. The first-order chi connectivity index (χ1) is 37.7. The van der Waals surface area contributed by atoms with Gasteiger partial charge < -0.3 is 9.13 Å². The van der Waals surface area contributed by atoms with E-state index in [0.29, 0.717) is 44.9 Å². The number of fused-ring (bicyclic) bond motifs is 6. The van der Waals surface area contributed by atoms with E-state index in [-0.39, 0.29) is 0 Å². The monoisotopic (exact) mass is 1030 g/mol. The number of alkyl halides is 6. The van der Waals surface area contributed by atoms with Crippen molar-refractivity contribution in [2.75, 3.05) is 0 Å². The van der Waals surface area contributed by atoms with Gasteiger partial charge in [0.25, 0.3) is 0 Å². The summed E-state index contributed by atoms with van der Waals surface area (Å²) in [5.74, 6) is 0.575. The molecule has 10 heteroatoms. The van der Waals surface area contributed by atoms with E-state index in [4.69, 9.17) is 9.97 Å². The molecule has 0 atom stereocenters. The molecular formula is C68H44F6N4. The van der Waals surface area contributed by atoms with Gasteiger partial charge in [-0.1, -0.05) is 140 Å². The number of halogens is 6. The molecule has 10 aromatic carbocycles. The molecule has 78 heavy (non-hydrogen) atoms. The van der Waals surface area contributed by atoms with Crippen LogP contribution in [-0.2, 0) is 12.4 Å². The van der Waals surface area contributed by atoms with Crippen LogP contribution in [0.1, 0.15) is 22.3 Å². The first-order valence-electron chi connectivity index (χ1n) is 25.4. The van der Waals surface area contributed by atoms with Crippen LogP contribution in [0.4, 0.5) is 26.3 Å². The van der Waals surface area contributed by atoms with Crippen molar-refractivity contribution in [1.82, 2.24) is 19.1 Å². The van der Waals surface area contributed by atoms with E-state index in [9.17, 15) is 26.3 Å². The van der Waals surface area contributed by atoms with Gasteiger partial charge in [0, 0.05) is 49.5 Å². The molecule has 0 aliphatic carbocycles. The summed E-state index contributed by atoms with van der Waals surface area (Å²) in [7, 11) is 0. The average Bonchev–Trinajstić information content (AvgIpc) is 4.10. The second-order valence-electron chi connectivity index (χ2n) is 19.8. The summed E-state index contributed by atoms with van der Waals surface area (Å²) < 4.78 is 89.1. The zero-order valence-corrected chi connectivity index (χ0v) is 42.0. The molecule has 0 spiro atoms. The Morgan fingerprint density at radius 2 is 0.795 bits per heavy atom. The number of aryl methyl sites for hydroxylation is 2. The summed E-state index contributed by atoms with van der Waals surface area (Å²) in [5.41, 5.74) is 13.1. The predicted octanol–water partition coefficient (Wildman–Crippen LogP) is 19.3. The highest BCUT2D eigenvalue weighted by atomic mass is 19.4. The molecule has 0 unspecified atom stereocenters. The third-order valence-corrected chi connectivity index (χ3v) is 14.6. The van der Waals surface area contributed by atoms with Gasteiger partial charge in [0.2, 0.25) is 0 Å². The molecule has 0 radical (unpaired) electrons. The van der Waals surface area contributed by atoms with Crippen molar-refractivity contribution in [3.8, 4) is 78.7 Å². The minimum Gasteiger partial charge on any atom is -0.309 e. The van der Waals surface area contributed by atoms with E-state index in [2.05, 4.69) is 57.7 Å². The van der Waals surface area contributed by atoms with Crippen LogP contribution < -0.4 is 0 Å². The van der Waals surface area contributed by atoms with Crippen LogP contribution in [-0.4, -0.2) is 19.1 Å². The van der Waals surface area contributed by atoms with Crippen molar-refractivity contribution in [1.29, 1.82) is 0 Å². The maximum atomic E-state index is 14.2. The fraction of sp³-hybridized carbons (Fsp3) is 0.0588. The molecule has 3 aromatic heterocycles. The van der Waals surface area contributed by atoms with Crippen LogP contribution in [0.5, 0.6) is 0 Å². The van der Waals surface area contributed by atoms with Crippen molar-refractivity contribution in [3.63, 3.8) is 0 Å². The Morgan fingerprint density at radius 3 is 1.37 bits per heavy atom. The van der Waals surface area contributed by atoms with Crippen LogP contribution in [0.3, 0.4) is 0 Å². The van der Waals surface area contributed by atoms with Gasteiger partial charge >= 0.3 is 12.4 Å². The Hall–Kier alpha value is -9.54. The second-order valence-corrected chi connectivity index (χ2v) is 19.8. The number of benzene rings is 10. The predicted molar refractivity (Wildman–Crippen MR) is 303 cm³/mol. The SMILES string of the molecule is Cc1cc(-c2ccc3c(c2)c2ccccc2n3-c2cccc(-c3cc(-c4cc(-c5ccccc5)nc(-c5ccccc5)n4)ccc3-n3c4ccccc4c4cc(-c5cc(C)cc(C(F)(F)F)c5)ccc43)c2)cc(C(F)(F)F)c1. The smallest absolute Gasteiger partial charge is 0.309 e. The third-order valence-electron chi connectivity index (χ3n) is 14.6. The molecule has 378 valence electrons. The molecule has 0 saturated carbocycles. The lowest BCUT2D eigenvalue weighted by Crippen LogP contribution is -2.05. The quantitative estimate of drug-likeness (QED) is 0.142. The van der Waals surface area contributed by atoms with Crippen molar-refractivity contribution in [2.24, 2.45) is 0 Å². The number of hydrogen-bond donors (Lipinski definition) is 0. The lowest BCUT2D eigenvalue weighted by atomic mass is 9.97. The maximum absolute atomic E-state index is 14.2. The fourth-order valence-electron chi connectivity index (χ4n) is 11.1. The van der Waals surface area contributed by atoms with E-state index < -0.39 is 23.5 Å². The van der Waals surface area contributed by atoms with Crippen LogP contribution in [0.15, 0.2) is 231 Å². The largest absolute Gasteiger partial charge is 0.416 e. The van der Waals surface area contributed by atoms with Gasteiger partial charge in [-0.2, -0.15) is 26.3 Å². The number of aromatic nitrogens is 4. The molecule has 0 aliphatic heterocycles. The minimum absolute atomic E-state index is 0.476. The van der Waals surface area contributed by atoms with Gasteiger partial charge in [-0.25, -0.2) is 9.97 Å². The van der Waals surface area contributed by atoms with Crippen LogP contribution in [0.25, 0.3) is 122 Å². The summed E-state index contributed by atoms with van der Waals surface area (Å²) in [6.07, 6.45) is -8.99. The summed E-state index contributed by atoms with van der Waals surface area (Å²) in [6.45, 7) is 3.36. The molecule has 0 amide bonds. The zero-order chi connectivity index (χ0) is 53.5. The molecule has 0 aliphatic rings. The van der Waals surface area contributed by atoms with E-state index in [1.807, 2.05) is 146 Å². The molecule has 0 fully saturated rings. The molecule has 3 heterocycles. The second kappa shape index (κ2) is 18.6. The molecule has 0 bridgehead atoms. The van der Waals surface area contributed by atoms with Crippen LogP contribution in [0, 0.1) is 13.8 Å². The minimum atomic E-state index is -4.50. The Kier molecular flexibility index (Phi) is 11.5. The number of hydrogen-bond acceptors (Lipinski definition) is 2. The topological polar surface area (TPSA) is 35.6 Å². The Morgan fingerprint density at radius 1 is 0.321 bits per heavy atom. The Bertz CT molecular complexity index is 4440. The molecule has 4 nitrogen and oxygen atoms in total. The number of nitrogens with zero attached hydrogens (tertiary/aromatic N) is 4. The Balaban J connectivity index is 1.03. The van der Waals surface area contributed by atoms with Crippen LogP contribution in [0.2, 0.25) is 0 Å². The number of rotatable bonds is 8. The summed E-state index contributed by atoms with van der Waals surface area (Å²) in [4.78, 5) is 10.3. The van der Waals surface area contributed by atoms with Gasteiger partial charge in [0.1, 0.15) is 0 Å². The lowest BCUT2D eigenvalue weighted by Gasteiger charge is -2.18. The Labute approximate surface area is 444 Å². The molecular weight excluding hydrogens is 987 g/mol. The summed E-state index contributed by atoms with van der Waals surface area (Å²) in [6, 6.07) is 72.7. The highest BCUT2D eigenvalue weighted by Crippen LogP contribution is 2.43. The van der Waals surface area contributed by atoms with E-state index in [1.165, 1.54) is 24.3 Å². The van der Waals surface area contributed by atoms with E-state index in [1.54, 1.807) is 26.0 Å². The van der Waals surface area contributed by atoms with Gasteiger partial charge in [-0.3, -0.25) is 0 Å². The standard InChI is InChI=1S/C68H44F6N4/c1-41-30-49(34-51(32-41)67(69,70)71)45-24-27-64-57(37-45)54-20-9-11-22-61(54)77(64)53-19-13-18-47(36-53)56-39-48(60-40-59(43-14-5-3-6-15-43)75-66(76-60)44-16-7-4-8-17-44)26-29-63(56)78-62-23-12-10-21-55(62)58-38-46(25-28-65(58)78)50-31-42(2)33-52(35-50)68(72,73)74/h3-40H,1-2H3. The van der Waals surface area contributed by atoms with E-state index in [0.717, 1.165) is 88.5 Å². The fourth-order valence-corrected chi connectivity index (χ4v) is 11.1. The first kappa shape index (κ1) is 48.1. The van der Waals surface area contributed by atoms with Crippen molar-refractivity contribution >= 4 is 43.6 Å². The summed E-state index contributed by atoms with van der Waals surface area (Å²) in [5, 5.41) is 3.65. The highest BCUT2D eigenvalue weighted by Gasteiger charge is 2.32. The first-order valence-corrected chi connectivity index (χ1v) is 25.4. The van der Waals surface area contributed by atoms with Gasteiger partial charge in [-0.15, -0.1) is 0 Å². The van der Waals surface area contributed by atoms with E-state index >= 15 is 0 Å². The van der Waals surface area contributed by atoms with Gasteiger partial charge in [-0.05, 0) is 144 Å². The maximum Gasteiger partial charge on any atom is 0.416 e. The molecule has 13 rings (SSSR count). The van der Waals surface area contributed by atoms with Crippen LogP contribution >= 0.6 is 0 Å². The molecule has 13 aromatic rings. The van der Waals surface area contributed by atoms with Crippen molar-refractivity contribution in [2.45, 2.75) is 26.2 Å². The summed E-state index contributed by atoms with van der Waals surface area (Å²) >= 11 is 0. The lowest BCUT2D eigenvalue weighted by molar-refractivity contribution is -0.138. The average molecular weight is 1030 g/mol. The highest BCUT2D eigenvalue weighted by molar-refractivity contribution is 6.12.